The Morgan fingerprint density at radius 3 is 2.24 bits per heavy atom. The third-order valence-corrected chi connectivity index (χ3v) is 3.45. The molecule has 2 rings (SSSR count). The van der Waals surface area contributed by atoms with E-state index in [1.165, 1.54) is 23.6 Å². The molecule has 0 bridgehead atoms. The van der Waals surface area contributed by atoms with Crippen molar-refractivity contribution in [3.05, 3.63) is 52.3 Å². The standard InChI is InChI=1S/C15H14F3NO2/c1-8-4-5-11(7-13(8)15(16,17)18)19-9(2)6-12(10(19)3)14(20)21/h4-7H,1-3H3,(H,20,21). The second-order valence-electron chi connectivity index (χ2n) is 4.92. The summed E-state index contributed by atoms with van der Waals surface area (Å²) < 4.78 is 40.4. The first-order chi connectivity index (χ1) is 9.62. The van der Waals surface area contributed by atoms with E-state index < -0.39 is 17.7 Å². The van der Waals surface area contributed by atoms with Gasteiger partial charge in [-0.05, 0) is 44.5 Å². The normalized spacial score (nSPS) is 11.7. The number of carboxylic acid groups (broad SMARTS) is 1. The average Bonchev–Trinajstić information content (AvgIpc) is 2.65. The number of aromatic nitrogens is 1. The summed E-state index contributed by atoms with van der Waals surface area (Å²) in [5.74, 6) is -1.10. The highest BCUT2D eigenvalue weighted by Crippen LogP contribution is 2.34. The van der Waals surface area contributed by atoms with Crippen LogP contribution in [0.15, 0.2) is 24.3 Å². The smallest absolute Gasteiger partial charge is 0.416 e. The topological polar surface area (TPSA) is 42.2 Å². The minimum Gasteiger partial charge on any atom is -0.478 e. The SMILES string of the molecule is Cc1ccc(-n2c(C)cc(C(=O)O)c2C)cc1C(F)(F)F. The highest BCUT2D eigenvalue weighted by atomic mass is 19.4. The third-order valence-electron chi connectivity index (χ3n) is 3.45. The van der Waals surface area contributed by atoms with E-state index in [-0.39, 0.29) is 11.1 Å². The fourth-order valence-corrected chi connectivity index (χ4v) is 2.43. The minimum absolute atomic E-state index is 0.0848. The van der Waals surface area contributed by atoms with Gasteiger partial charge in [0.05, 0.1) is 11.1 Å². The molecule has 3 nitrogen and oxygen atoms in total. The van der Waals surface area contributed by atoms with Crippen molar-refractivity contribution in [1.82, 2.24) is 4.57 Å². The van der Waals surface area contributed by atoms with Crippen molar-refractivity contribution in [3.8, 4) is 5.69 Å². The van der Waals surface area contributed by atoms with Gasteiger partial charge in [0.2, 0.25) is 0 Å². The third kappa shape index (κ3) is 2.66. The first-order valence-electron chi connectivity index (χ1n) is 6.23. The number of hydrogen-bond donors (Lipinski definition) is 1. The zero-order chi connectivity index (χ0) is 15.9. The monoisotopic (exact) mass is 297 g/mol. The lowest BCUT2D eigenvalue weighted by molar-refractivity contribution is -0.138. The van der Waals surface area contributed by atoms with E-state index in [2.05, 4.69) is 0 Å². The van der Waals surface area contributed by atoms with Gasteiger partial charge in [-0.1, -0.05) is 6.07 Å². The predicted molar refractivity (Wildman–Crippen MR) is 71.9 cm³/mol. The molecular formula is C15H14F3NO2. The van der Waals surface area contributed by atoms with Gasteiger partial charge in [0.1, 0.15) is 0 Å². The van der Waals surface area contributed by atoms with Crippen molar-refractivity contribution in [2.75, 3.05) is 0 Å². The van der Waals surface area contributed by atoms with Crippen molar-refractivity contribution in [3.63, 3.8) is 0 Å². The fraction of sp³-hybridized carbons (Fsp3) is 0.267. The summed E-state index contributed by atoms with van der Waals surface area (Å²) in [6.07, 6.45) is -4.44. The van der Waals surface area contributed by atoms with Crippen LogP contribution in [-0.2, 0) is 6.18 Å². The number of aryl methyl sites for hydroxylation is 2. The van der Waals surface area contributed by atoms with Gasteiger partial charge >= 0.3 is 12.1 Å². The van der Waals surface area contributed by atoms with Crippen molar-refractivity contribution in [2.45, 2.75) is 26.9 Å². The first-order valence-corrected chi connectivity index (χ1v) is 6.23. The molecule has 0 atom stereocenters. The Labute approximate surface area is 119 Å². The van der Waals surface area contributed by atoms with Crippen LogP contribution in [0.1, 0.15) is 32.9 Å². The van der Waals surface area contributed by atoms with Crippen molar-refractivity contribution < 1.29 is 23.1 Å². The van der Waals surface area contributed by atoms with Crippen LogP contribution in [0.25, 0.3) is 5.69 Å². The van der Waals surface area contributed by atoms with Crippen LogP contribution in [0.2, 0.25) is 0 Å². The Kier molecular flexibility index (Phi) is 3.57. The molecule has 0 fully saturated rings. The molecule has 0 aliphatic carbocycles. The van der Waals surface area contributed by atoms with Gasteiger partial charge in [0.15, 0.2) is 0 Å². The second kappa shape index (κ2) is 4.95. The zero-order valence-corrected chi connectivity index (χ0v) is 11.7. The van der Waals surface area contributed by atoms with Crippen LogP contribution in [-0.4, -0.2) is 15.6 Å². The van der Waals surface area contributed by atoms with Gasteiger partial charge in [0, 0.05) is 17.1 Å². The zero-order valence-electron chi connectivity index (χ0n) is 11.7. The molecule has 6 heteroatoms. The van der Waals surface area contributed by atoms with E-state index >= 15 is 0 Å². The van der Waals surface area contributed by atoms with Gasteiger partial charge in [-0.2, -0.15) is 13.2 Å². The Bertz CT molecular complexity index is 714. The quantitative estimate of drug-likeness (QED) is 0.906. The van der Waals surface area contributed by atoms with Crippen LogP contribution >= 0.6 is 0 Å². The lowest BCUT2D eigenvalue weighted by Crippen LogP contribution is -2.10. The molecule has 21 heavy (non-hydrogen) atoms. The molecule has 0 saturated heterocycles. The molecule has 1 aromatic heterocycles. The van der Waals surface area contributed by atoms with E-state index in [1.54, 1.807) is 19.9 Å². The van der Waals surface area contributed by atoms with Crippen LogP contribution in [0.4, 0.5) is 13.2 Å². The number of halogens is 3. The van der Waals surface area contributed by atoms with E-state index in [9.17, 15) is 18.0 Å². The summed E-state index contributed by atoms with van der Waals surface area (Å²) in [6.45, 7) is 4.63. The number of hydrogen-bond acceptors (Lipinski definition) is 1. The van der Waals surface area contributed by atoms with Gasteiger partial charge < -0.3 is 9.67 Å². The van der Waals surface area contributed by atoms with Gasteiger partial charge in [-0.3, -0.25) is 0 Å². The molecule has 0 aliphatic rings. The number of aromatic carboxylic acids is 1. The van der Waals surface area contributed by atoms with Crippen molar-refractivity contribution >= 4 is 5.97 Å². The van der Waals surface area contributed by atoms with E-state index in [1.807, 2.05) is 0 Å². The summed E-state index contributed by atoms with van der Waals surface area (Å²) in [4.78, 5) is 11.1. The summed E-state index contributed by atoms with van der Waals surface area (Å²) in [5, 5.41) is 9.08. The molecule has 0 saturated carbocycles. The number of alkyl halides is 3. The molecule has 0 unspecified atom stereocenters. The molecule has 0 aliphatic heterocycles. The number of carbonyl (C=O) groups is 1. The lowest BCUT2D eigenvalue weighted by Gasteiger charge is -2.15. The molecule has 1 N–H and O–H groups in total. The fourth-order valence-electron chi connectivity index (χ4n) is 2.43. The van der Waals surface area contributed by atoms with E-state index in [0.29, 0.717) is 17.1 Å². The highest BCUT2D eigenvalue weighted by Gasteiger charge is 2.32. The van der Waals surface area contributed by atoms with Crippen LogP contribution < -0.4 is 0 Å². The molecular weight excluding hydrogens is 283 g/mol. The number of rotatable bonds is 2. The Balaban J connectivity index is 2.66. The summed E-state index contributed by atoms with van der Waals surface area (Å²) in [5.41, 5.74) is 0.771. The minimum atomic E-state index is -4.44. The number of carboxylic acids is 1. The molecule has 0 amide bonds. The largest absolute Gasteiger partial charge is 0.478 e. The molecule has 2 aromatic rings. The summed E-state index contributed by atoms with van der Waals surface area (Å²) in [7, 11) is 0. The van der Waals surface area contributed by atoms with Crippen LogP contribution in [0.5, 0.6) is 0 Å². The average molecular weight is 297 g/mol. The van der Waals surface area contributed by atoms with E-state index in [4.69, 9.17) is 5.11 Å². The van der Waals surface area contributed by atoms with Crippen molar-refractivity contribution in [2.24, 2.45) is 0 Å². The van der Waals surface area contributed by atoms with Gasteiger partial charge in [0.25, 0.3) is 0 Å². The molecule has 0 radical (unpaired) electrons. The Hall–Kier alpha value is -2.24. The number of benzene rings is 1. The highest BCUT2D eigenvalue weighted by molar-refractivity contribution is 5.89. The maximum atomic E-state index is 13.0. The second-order valence-corrected chi connectivity index (χ2v) is 4.92. The maximum absolute atomic E-state index is 13.0. The summed E-state index contributed by atoms with van der Waals surface area (Å²) >= 11 is 0. The van der Waals surface area contributed by atoms with Gasteiger partial charge in [-0.15, -0.1) is 0 Å². The maximum Gasteiger partial charge on any atom is 0.416 e. The molecule has 0 spiro atoms. The summed E-state index contributed by atoms with van der Waals surface area (Å²) in [6, 6.07) is 5.43. The predicted octanol–water partition coefficient (Wildman–Crippen LogP) is 4.12. The lowest BCUT2D eigenvalue weighted by atomic mass is 10.1. The Morgan fingerprint density at radius 2 is 1.76 bits per heavy atom. The van der Waals surface area contributed by atoms with Gasteiger partial charge in [-0.25, -0.2) is 4.79 Å². The van der Waals surface area contributed by atoms with Crippen molar-refractivity contribution in [1.29, 1.82) is 0 Å². The Morgan fingerprint density at radius 1 is 1.14 bits per heavy atom. The van der Waals surface area contributed by atoms with Crippen LogP contribution in [0, 0.1) is 20.8 Å². The first kappa shape index (κ1) is 15.2. The molecule has 1 aromatic carbocycles. The molecule has 1 heterocycles. The van der Waals surface area contributed by atoms with E-state index in [0.717, 1.165) is 6.07 Å². The molecule has 112 valence electrons. The number of nitrogens with zero attached hydrogens (tertiary/aromatic N) is 1. The van der Waals surface area contributed by atoms with Crippen LogP contribution in [0.3, 0.4) is 0 Å².